The highest BCUT2D eigenvalue weighted by molar-refractivity contribution is 5.76. The fourth-order valence-corrected chi connectivity index (χ4v) is 3.22. The van der Waals surface area contributed by atoms with Crippen LogP contribution in [0.5, 0.6) is 0 Å². The first-order valence-corrected chi connectivity index (χ1v) is 8.45. The first-order valence-electron chi connectivity index (χ1n) is 8.45. The molecule has 0 saturated carbocycles. The Morgan fingerprint density at radius 1 is 1.39 bits per heavy atom. The molecule has 0 spiro atoms. The second kappa shape index (κ2) is 7.45. The summed E-state index contributed by atoms with van der Waals surface area (Å²) in [5.74, 6) is 0.131. The highest BCUT2D eigenvalue weighted by atomic mass is 16.5. The maximum atomic E-state index is 12.3. The molecule has 4 nitrogen and oxygen atoms in total. The minimum atomic E-state index is -0.450. The first-order chi connectivity index (χ1) is 10.8. The normalized spacial score (nSPS) is 19.3. The molecule has 0 bridgehead atoms. The number of ether oxygens (including phenoxy) is 1. The van der Waals surface area contributed by atoms with Crippen molar-refractivity contribution in [3.8, 4) is 0 Å². The average molecular weight is 319 g/mol. The van der Waals surface area contributed by atoms with E-state index in [1.165, 1.54) is 5.56 Å². The zero-order chi connectivity index (χ0) is 17.0. The van der Waals surface area contributed by atoms with Crippen molar-refractivity contribution in [1.29, 1.82) is 0 Å². The topological polar surface area (TPSA) is 58.6 Å². The zero-order valence-electron chi connectivity index (χ0n) is 14.6. The van der Waals surface area contributed by atoms with E-state index >= 15 is 0 Å². The fourth-order valence-electron chi connectivity index (χ4n) is 3.22. The van der Waals surface area contributed by atoms with Gasteiger partial charge in [-0.05, 0) is 23.5 Å². The van der Waals surface area contributed by atoms with Crippen LogP contribution in [0.15, 0.2) is 24.3 Å². The van der Waals surface area contributed by atoms with Crippen molar-refractivity contribution < 1.29 is 14.6 Å². The summed E-state index contributed by atoms with van der Waals surface area (Å²) in [5.41, 5.74) is 2.04. The van der Waals surface area contributed by atoms with Crippen LogP contribution in [-0.4, -0.2) is 30.3 Å². The fraction of sp³-hybridized carbons (Fsp3) is 0.632. The van der Waals surface area contributed by atoms with E-state index in [2.05, 4.69) is 11.4 Å². The number of hydrogen-bond acceptors (Lipinski definition) is 3. The summed E-state index contributed by atoms with van der Waals surface area (Å²) >= 11 is 0. The van der Waals surface area contributed by atoms with Crippen LogP contribution in [0.4, 0.5) is 0 Å². The molecule has 1 aromatic carbocycles. The number of carbonyl (C=O) groups excluding carboxylic acids is 1. The van der Waals surface area contributed by atoms with Crippen molar-refractivity contribution in [2.24, 2.45) is 11.3 Å². The number of fused-ring (bicyclic) bond motifs is 1. The third-order valence-corrected chi connectivity index (χ3v) is 4.64. The molecule has 2 atom stereocenters. The molecule has 0 aromatic heterocycles. The van der Waals surface area contributed by atoms with Crippen LogP contribution >= 0.6 is 0 Å². The molecular weight excluding hydrogens is 290 g/mol. The van der Waals surface area contributed by atoms with Crippen LogP contribution in [0, 0.1) is 11.3 Å². The summed E-state index contributed by atoms with van der Waals surface area (Å²) in [5, 5.41) is 13.2. The van der Waals surface area contributed by atoms with Gasteiger partial charge in [-0.15, -0.1) is 0 Å². The van der Waals surface area contributed by atoms with Gasteiger partial charge in [0, 0.05) is 12.0 Å². The Morgan fingerprint density at radius 2 is 2.09 bits per heavy atom. The lowest BCUT2D eigenvalue weighted by molar-refractivity contribution is -0.125. The second-order valence-corrected chi connectivity index (χ2v) is 7.47. The molecule has 0 aliphatic carbocycles. The third kappa shape index (κ3) is 4.55. The molecule has 23 heavy (non-hydrogen) atoms. The van der Waals surface area contributed by atoms with Crippen LogP contribution in [-0.2, 0) is 16.0 Å². The van der Waals surface area contributed by atoms with E-state index < -0.39 is 6.10 Å². The van der Waals surface area contributed by atoms with E-state index in [1.54, 1.807) is 0 Å². The van der Waals surface area contributed by atoms with Gasteiger partial charge in [0.05, 0.1) is 25.2 Å². The second-order valence-electron chi connectivity index (χ2n) is 7.47. The van der Waals surface area contributed by atoms with E-state index in [0.717, 1.165) is 12.0 Å². The standard InChI is InChI=1S/C19H29NO3/c1-13(2)18(22)19(3,4)12-20-17(21)11-16-15-8-6-5-7-14(15)9-10-23-16/h5-8,13,16,18,22H,9-12H2,1-4H3,(H,20,21). The SMILES string of the molecule is CC(C)C(O)C(C)(C)CNC(=O)CC1OCCc2ccccc21. The van der Waals surface area contributed by atoms with Gasteiger partial charge in [0.15, 0.2) is 0 Å². The summed E-state index contributed by atoms with van der Waals surface area (Å²) in [6.07, 6.45) is 0.611. The van der Waals surface area contributed by atoms with Gasteiger partial charge in [-0.25, -0.2) is 0 Å². The van der Waals surface area contributed by atoms with Crippen LogP contribution in [0.3, 0.4) is 0 Å². The minimum absolute atomic E-state index is 0.0317. The minimum Gasteiger partial charge on any atom is -0.392 e. The van der Waals surface area contributed by atoms with Gasteiger partial charge in [-0.1, -0.05) is 52.0 Å². The Labute approximate surface area is 139 Å². The van der Waals surface area contributed by atoms with Crippen molar-refractivity contribution >= 4 is 5.91 Å². The molecule has 2 rings (SSSR count). The molecule has 1 aliphatic rings. The largest absolute Gasteiger partial charge is 0.392 e. The molecule has 0 fully saturated rings. The molecular formula is C19H29NO3. The quantitative estimate of drug-likeness (QED) is 0.847. The molecule has 2 unspecified atom stereocenters. The summed E-state index contributed by atoms with van der Waals surface area (Å²) in [7, 11) is 0. The van der Waals surface area contributed by atoms with Crippen LogP contribution in [0.1, 0.15) is 51.3 Å². The van der Waals surface area contributed by atoms with Gasteiger partial charge in [-0.2, -0.15) is 0 Å². The summed E-state index contributed by atoms with van der Waals surface area (Å²) in [6, 6.07) is 8.15. The summed E-state index contributed by atoms with van der Waals surface area (Å²) in [6.45, 7) is 9.04. The van der Waals surface area contributed by atoms with Crippen molar-refractivity contribution in [3.05, 3.63) is 35.4 Å². The number of nitrogens with one attached hydrogen (secondary N) is 1. The van der Waals surface area contributed by atoms with Gasteiger partial charge in [0.2, 0.25) is 5.91 Å². The molecule has 1 amide bonds. The Morgan fingerprint density at radius 3 is 2.78 bits per heavy atom. The van der Waals surface area contributed by atoms with Gasteiger partial charge in [0.1, 0.15) is 0 Å². The lowest BCUT2D eigenvalue weighted by atomic mass is 9.80. The number of aliphatic hydroxyl groups is 1. The molecule has 2 N–H and O–H groups in total. The number of hydrogen-bond donors (Lipinski definition) is 2. The summed E-state index contributed by atoms with van der Waals surface area (Å²) < 4.78 is 5.78. The van der Waals surface area contributed by atoms with Crippen molar-refractivity contribution in [2.75, 3.05) is 13.2 Å². The lowest BCUT2D eigenvalue weighted by Gasteiger charge is -2.33. The predicted octanol–water partition coefficient (Wildman–Crippen LogP) is 2.85. The monoisotopic (exact) mass is 319 g/mol. The van der Waals surface area contributed by atoms with Crippen LogP contribution in [0.2, 0.25) is 0 Å². The Kier molecular flexibility index (Phi) is 5.82. The zero-order valence-corrected chi connectivity index (χ0v) is 14.6. The average Bonchev–Trinajstić information content (AvgIpc) is 2.52. The van der Waals surface area contributed by atoms with E-state index in [0.29, 0.717) is 19.6 Å². The molecule has 128 valence electrons. The van der Waals surface area contributed by atoms with Crippen molar-refractivity contribution in [2.45, 2.75) is 52.7 Å². The predicted molar refractivity (Wildman–Crippen MR) is 91.1 cm³/mol. The smallest absolute Gasteiger partial charge is 0.222 e. The van der Waals surface area contributed by atoms with Crippen molar-refractivity contribution in [1.82, 2.24) is 5.32 Å². The Bertz CT molecular complexity index is 539. The highest BCUT2D eigenvalue weighted by Gasteiger charge is 2.31. The first kappa shape index (κ1) is 18.0. The van der Waals surface area contributed by atoms with Gasteiger partial charge in [0.25, 0.3) is 0 Å². The summed E-state index contributed by atoms with van der Waals surface area (Å²) in [4.78, 5) is 12.3. The molecule has 1 heterocycles. The van der Waals surface area contributed by atoms with Gasteiger partial charge in [-0.3, -0.25) is 4.79 Å². The Hall–Kier alpha value is -1.39. The molecule has 1 aliphatic heterocycles. The molecule has 0 saturated heterocycles. The van der Waals surface area contributed by atoms with Crippen LogP contribution in [0.25, 0.3) is 0 Å². The number of benzene rings is 1. The maximum Gasteiger partial charge on any atom is 0.222 e. The van der Waals surface area contributed by atoms with E-state index in [4.69, 9.17) is 4.74 Å². The molecule has 1 aromatic rings. The van der Waals surface area contributed by atoms with E-state index in [9.17, 15) is 9.90 Å². The maximum absolute atomic E-state index is 12.3. The van der Waals surface area contributed by atoms with Gasteiger partial charge >= 0.3 is 0 Å². The van der Waals surface area contributed by atoms with E-state index in [-0.39, 0.29) is 23.3 Å². The van der Waals surface area contributed by atoms with E-state index in [1.807, 2.05) is 45.9 Å². The Balaban J connectivity index is 1.91. The molecule has 0 radical (unpaired) electrons. The number of amides is 1. The van der Waals surface area contributed by atoms with Crippen LogP contribution < -0.4 is 5.32 Å². The van der Waals surface area contributed by atoms with Crippen molar-refractivity contribution in [3.63, 3.8) is 0 Å². The molecule has 4 heteroatoms. The lowest BCUT2D eigenvalue weighted by Crippen LogP contribution is -2.44. The number of aliphatic hydroxyl groups excluding tert-OH is 1. The third-order valence-electron chi connectivity index (χ3n) is 4.64. The number of carbonyl (C=O) groups is 1. The number of rotatable bonds is 6. The highest BCUT2D eigenvalue weighted by Crippen LogP contribution is 2.30. The van der Waals surface area contributed by atoms with Gasteiger partial charge < -0.3 is 15.2 Å².